The second-order valence-electron chi connectivity index (χ2n) is 11.1. The van der Waals surface area contributed by atoms with Gasteiger partial charge in [-0.1, -0.05) is 59.1 Å². The molecule has 1 aliphatic rings. The molecule has 0 saturated carbocycles. The number of nitrogens with zero attached hydrogens (tertiary/aromatic N) is 4. The van der Waals surface area contributed by atoms with Crippen molar-refractivity contribution in [1.29, 1.82) is 0 Å². The third kappa shape index (κ3) is 11.6. The zero-order valence-corrected chi connectivity index (χ0v) is 27.5. The summed E-state index contributed by atoms with van der Waals surface area (Å²) in [5.74, 6) is 1.28. The van der Waals surface area contributed by atoms with Crippen molar-refractivity contribution in [2.24, 2.45) is 0 Å². The maximum Gasteiger partial charge on any atom is 0.230 e. The predicted molar refractivity (Wildman–Crippen MR) is 182 cm³/mol. The molecule has 4 aromatic rings. The Hall–Kier alpha value is -4.16. The zero-order valence-electron chi connectivity index (χ0n) is 25.9. The van der Waals surface area contributed by atoms with Gasteiger partial charge in [-0.2, -0.15) is 0 Å². The largest absolute Gasteiger partial charge is 0.494 e. The monoisotopic (exact) mass is 660 g/mol. The first-order valence-electron chi connectivity index (χ1n) is 15.9. The van der Waals surface area contributed by atoms with Crippen LogP contribution in [0.25, 0.3) is 0 Å². The molecule has 0 radical (unpaired) electrons. The topological polar surface area (TPSA) is 128 Å². The Morgan fingerprint density at radius 2 is 1.07 bits per heavy atom. The van der Waals surface area contributed by atoms with Crippen molar-refractivity contribution < 1.29 is 19.1 Å². The number of rotatable bonds is 0. The molecule has 10 nitrogen and oxygen atoms in total. The van der Waals surface area contributed by atoms with Crippen LogP contribution in [-0.4, -0.2) is 45.4 Å². The van der Waals surface area contributed by atoms with Gasteiger partial charge in [0.25, 0.3) is 0 Å². The number of aryl methyl sites for hydroxylation is 2. The number of benzene rings is 2. The van der Waals surface area contributed by atoms with E-state index in [1.807, 2.05) is 48.5 Å². The van der Waals surface area contributed by atoms with E-state index in [1.54, 1.807) is 0 Å². The van der Waals surface area contributed by atoms with E-state index in [2.05, 4.69) is 43.2 Å². The second-order valence-corrected chi connectivity index (χ2v) is 13.2. The summed E-state index contributed by atoms with van der Waals surface area (Å²) in [7, 11) is 0. The van der Waals surface area contributed by atoms with Crippen LogP contribution in [0.2, 0.25) is 0 Å². The van der Waals surface area contributed by atoms with Gasteiger partial charge in [-0.3, -0.25) is 9.59 Å². The molecule has 0 fully saturated rings. The average Bonchev–Trinajstić information content (AvgIpc) is 3.68. The molecule has 2 aromatic heterocycles. The van der Waals surface area contributed by atoms with Crippen LogP contribution in [0.4, 0.5) is 10.3 Å². The van der Waals surface area contributed by atoms with Crippen molar-refractivity contribution in [3.8, 4) is 11.5 Å². The highest BCUT2D eigenvalue weighted by atomic mass is 32.1. The van der Waals surface area contributed by atoms with Crippen LogP contribution in [0.1, 0.15) is 72.5 Å². The van der Waals surface area contributed by atoms with Crippen LogP contribution < -0.4 is 20.1 Å². The lowest BCUT2D eigenvalue weighted by atomic mass is 10.1. The molecule has 46 heavy (non-hydrogen) atoms. The van der Waals surface area contributed by atoms with E-state index in [0.717, 1.165) is 96.8 Å². The van der Waals surface area contributed by atoms with Gasteiger partial charge in [0, 0.05) is 12.8 Å². The van der Waals surface area contributed by atoms with Crippen LogP contribution in [0, 0.1) is 0 Å². The lowest BCUT2D eigenvalue weighted by Crippen LogP contribution is -2.14. The van der Waals surface area contributed by atoms with Gasteiger partial charge in [-0.15, -0.1) is 20.4 Å². The maximum absolute atomic E-state index is 12.7. The molecule has 2 N–H and O–H groups in total. The molecule has 0 unspecified atom stereocenters. The van der Waals surface area contributed by atoms with Gasteiger partial charge in [0.1, 0.15) is 21.5 Å². The minimum absolute atomic E-state index is 0.135. The molecule has 1 aliphatic heterocycles. The maximum atomic E-state index is 12.7. The van der Waals surface area contributed by atoms with E-state index in [0.29, 0.717) is 23.5 Å². The molecular weight excluding hydrogens is 621 g/mol. The molecule has 0 atom stereocenters. The third-order valence-corrected chi connectivity index (χ3v) is 9.02. The quantitative estimate of drug-likeness (QED) is 0.193. The molecule has 3 heterocycles. The number of anilines is 2. The van der Waals surface area contributed by atoms with Crippen LogP contribution in [0.5, 0.6) is 11.5 Å². The van der Waals surface area contributed by atoms with E-state index in [1.165, 1.54) is 22.7 Å². The molecular formula is C34H40N6O4S2. The van der Waals surface area contributed by atoms with Gasteiger partial charge in [0.15, 0.2) is 0 Å². The molecule has 8 bridgehead atoms. The summed E-state index contributed by atoms with van der Waals surface area (Å²) in [4.78, 5) is 25.3. The number of fused-ring (bicyclic) bond motifs is 8. The van der Waals surface area contributed by atoms with Crippen molar-refractivity contribution in [2.75, 3.05) is 23.8 Å². The highest BCUT2D eigenvalue weighted by molar-refractivity contribution is 7.15. The normalized spacial score (nSPS) is 17.3. The predicted octanol–water partition coefficient (Wildman–Crippen LogP) is 6.99. The Balaban J connectivity index is 1.15. The van der Waals surface area contributed by atoms with Crippen LogP contribution in [-0.2, 0) is 35.3 Å². The van der Waals surface area contributed by atoms with Crippen LogP contribution in [0.15, 0.2) is 60.7 Å². The Bertz CT molecular complexity index is 1470. The minimum atomic E-state index is -0.135. The number of nitrogens with one attached hydrogen (secondary N) is 2. The van der Waals surface area contributed by atoms with Gasteiger partial charge < -0.3 is 20.1 Å². The van der Waals surface area contributed by atoms with Crippen molar-refractivity contribution >= 4 is 44.8 Å². The lowest BCUT2D eigenvalue weighted by molar-refractivity contribution is -0.116. The number of ether oxygens (including phenoxy) is 2. The third-order valence-electron chi connectivity index (χ3n) is 7.22. The molecule has 0 spiro atoms. The van der Waals surface area contributed by atoms with Gasteiger partial charge in [0.05, 0.1) is 26.1 Å². The SMILES string of the molecule is O=C1Cc2cccc(c2)OCCCC/C=C/CCCCOc2cccc(c2)CC(=O)Nc2nnc(s2)CCCCc2nnc(s2)N1. The Morgan fingerprint density at radius 3 is 1.54 bits per heavy atom. The number of hydrogen-bond donors (Lipinski definition) is 2. The molecule has 12 heteroatoms. The number of carbonyl (C=O) groups is 2. The average molecular weight is 661 g/mol. The van der Waals surface area contributed by atoms with E-state index < -0.39 is 0 Å². The number of allylic oxidation sites excluding steroid dienone is 2. The molecule has 5 rings (SSSR count). The number of aromatic nitrogens is 4. The number of carbonyl (C=O) groups excluding carboxylic acids is 2. The fourth-order valence-electron chi connectivity index (χ4n) is 4.90. The van der Waals surface area contributed by atoms with Gasteiger partial charge >= 0.3 is 0 Å². The zero-order chi connectivity index (χ0) is 31.8. The molecule has 242 valence electrons. The summed E-state index contributed by atoms with van der Waals surface area (Å²) < 4.78 is 11.9. The first-order valence-corrected chi connectivity index (χ1v) is 17.6. The van der Waals surface area contributed by atoms with Gasteiger partial charge in [-0.05, 0) is 86.8 Å². The van der Waals surface area contributed by atoms with Crippen molar-refractivity contribution in [2.45, 2.75) is 77.0 Å². The van der Waals surface area contributed by atoms with E-state index in [-0.39, 0.29) is 24.7 Å². The molecule has 0 saturated heterocycles. The van der Waals surface area contributed by atoms with E-state index in [4.69, 9.17) is 9.47 Å². The molecule has 2 amide bonds. The van der Waals surface area contributed by atoms with Crippen molar-refractivity contribution in [3.63, 3.8) is 0 Å². The summed E-state index contributed by atoms with van der Waals surface area (Å²) in [6.07, 6.45) is 14.3. The fraction of sp³-hybridized carbons (Fsp3) is 0.412. The summed E-state index contributed by atoms with van der Waals surface area (Å²) >= 11 is 2.79. The Morgan fingerprint density at radius 1 is 0.587 bits per heavy atom. The molecule has 0 aliphatic carbocycles. The standard InChI is InChI=1S/C34H40N6O4S2/c41-29-23-25-13-11-15-27(21-25)43-19-9-5-3-1-2-4-6-10-20-44-28-16-12-14-26(22-28)24-30(42)36-34-40-38-32(46-34)18-8-7-17-31-37-39-33(35-29)45-31/h1-2,11-16,21-22H,3-10,17-20,23-24H2,(H,35,39,41)(H,36,40,42)/b2-1+. The number of amides is 2. The van der Waals surface area contributed by atoms with E-state index in [9.17, 15) is 9.59 Å². The second kappa shape index (κ2) is 18.1. The summed E-state index contributed by atoms with van der Waals surface area (Å²) in [5.41, 5.74) is 1.77. The van der Waals surface area contributed by atoms with Crippen LogP contribution in [0.3, 0.4) is 0 Å². The summed E-state index contributed by atoms with van der Waals surface area (Å²) in [5, 5.41) is 25.3. The smallest absolute Gasteiger partial charge is 0.230 e. The summed E-state index contributed by atoms with van der Waals surface area (Å²) in [6.45, 7) is 1.28. The van der Waals surface area contributed by atoms with Crippen molar-refractivity contribution in [3.05, 3.63) is 81.8 Å². The minimum Gasteiger partial charge on any atom is -0.494 e. The lowest BCUT2D eigenvalue weighted by Gasteiger charge is -2.08. The Kier molecular flexibility index (Phi) is 13.1. The number of hydrogen-bond acceptors (Lipinski definition) is 10. The first kappa shape index (κ1) is 33.2. The van der Waals surface area contributed by atoms with Gasteiger partial charge in [-0.25, -0.2) is 0 Å². The highest BCUT2D eigenvalue weighted by Crippen LogP contribution is 2.22. The summed E-state index contributed by atoms with van der Waals surface area (Å²) in [6, 6.07) is 15.4. The molecule has 2 aromatic carbocycles. The van der Waals surface area contributed by atoms with Crippen LogP contribution >= 0.6 is 22.7 Å². The van der Waals surface area contributed by atoms with Crippen molar-refractivity contribution in [1.82, 2.24) is 20.4 Å². The first-order chi connectivity index (χ1) is 22.6. The highest BCUT2D eigenvalue weighted by Gasteiger charge is 2.12. The van der Waals surface area contributed by atoms with Gasteiger partial charge in [0.2, 0.25) is 22.1 Å². The Labute approximate surface area is 277 Å². The van der Waals surface area contributed by atoms with E-state index >= 15 is 0 Å². The fourth-order valence-corrected chi connectivity index (χ4v) is 6.49.